The predicted molar refractivity (Wildman–Crippen MR) is 71.1 cm³/mol. The van der Waals surface area contributed by atoms with Crippen molar-refractivity contribution in [2.24, 2.45) is 0 Å². The molecule has 0 bridgehead atoms. The van der Waals surface area contributed by atoms with Gasteiger partial charge in [0.05, 0.1) is 11.9 Å². The van der Waals surface area contributed by atoms with Crippen LogP contribution in [-0.4, -0.2) is 46.0 Å². The summed E-state index contributed by atoms with van der Waals surface area (Å²) in [5, 5.41) is 2.80. The standard InChI is InChI=1S/C10H22N2O3S.ClH/c1-8-6-10(4-5-11-8)12-16(13,14)9(2)7-15-3;/h8-12H,4-7H2,1-3H3;1H. The summed E-state index contributed by atoms with van der Waals surface area (Å²) in [5.41, 5.74) is 0. The van der Waals surface area contributed by atoms with Gasteiger partial charge in [0.15, 0.2) is 0 Å². The Bertz CT molecular complexity index is 311. The van der Waals surface area contributed by atoms with Gasteiger partial charge >= 0.3 is 0 Å². The molecule has 1 rings (SSSR count). The van der Waals surface area contributed by atoms with Crippen molar-refractivity contribution in [1.82, 2.24) is 10.0 Å². The van der Waals surface area contributed by atoms with Crippen LogP contribution in [0.4, 0.5) is 0 Å². The molecule has 104 valence electrons. The largest absolute Gasteiger partial charge is 0.383 e. The lowest BCUT2D eigenvalue weighted by Crippen LogP contribution is -2.48. The Hall–Kier alpha value is 0.120. The molecule has 0 aromatic heterocycles. The highest BCUT2D eigenvalue weighted by Crippen LogP contribution is 2.11. The lowest BCUT2D eigenvalue weighted by Gasteiger charge is -2.29. The molecule has 0 amide bonds. The average Bonchev–Trinajstić information content (AvgIpc) is 2.17. The van der Waals surface area contributed by atoms with Gasteiger partial charge in [-0.1, -0.05) is 0 Å². The summed E-state index contributed by atoms with van der Waals surface area (Å²) in [4.78, 5) is 0. The summed E-state index contributed by atoms with van der Waals surface area (Å²) in [6.45, 7) is 4.83. The monoisotopic (exact) mass is 286 g/mol. The number of rotatable bonds is 5. The minimum atomic E-state index is -3.25. The van der Waals surface area contributed by atoms with Gasteiger partial charge in [-0.05, 0) is 33.2 Å². The molecule has 0 aromatic rings. The zero-order valence-corrected chi connectivity index (χ0v) is 12.2. The zero-order chi connectivity index (χ0) is 12.2. The molecule has 0 radical (unpaired) electrons. The minimum absolute atomic E-state index is 0. The van der Waals surface area contributed by atoms with Crippen LogP contribution in [0.5, 0.6) is 0 Å². The Balaban J connectivity index is 0.00000256. The summed E-state index contributed by atoms with van der Waals surface area (Å²) in [6.07, 6.45) is 1.70. The lowest BCUT2D eigenvalue weighted by molar-refractivity contribution is 0.199. The quantitative estimate of drug-likeness (QED) is 0.772. The first-order chi connectivity index (χ1) is 7.45. The Morgan fingerprint density at radius 1 is 1.53 bits per heavy atom. The van der Waals surface area contributed by atoms with Crippen molar-refractivity contribution in [1.29, 1.82) is 0 Å². The molecule has 1 saturated heterocycles. The van der Waals surface area contributed by atoms with Gasteiger partial charge in [-0.2, -0.15) is 0 Å². The molecular formula is C10H23ClN2O3S. The van der Waals surface area contributed by atoms with Crippen LogP contribution in [-0.2, 0) is 14.8 Å². The van der Waals surface area contributed by atoms with Gasteiger partial charge in [-0.15, -0.1) is 12.4 Å². The summed E-state index contributed by atoms with van der Waals surface area (Å²) in [7, 11) is -1.74. The number of nitrogens with one attached hydrogen (secondary N) is 2. The van der Waals surface area contributed by atoms with E-state index >= 15 is 0 Å². The van der Waals surface area contributed by atoms with E-state index in [1.54, 1.807) is 6.92 Å². The molecule has 2 N–H and O–H groups in total. The zero-order valence-electron chi connectivity index (χ0n) is 10.6. The second-order valence-electron chi connectivity index (χ2n) is 4.51. The van der Waals surface area contributed by atoms with Gasteiger partial charge in [-0.3, -0.25) is 0 Å². The molecular weight excluding hydrogens is 264 g/mol. The van der Waals surface area contributed by atoms with Crippen LogP contribution in [0.1, 0.15) is 26.7 Å². The van der Waals surface area contributed by atoms with Crippen molar-refractivity contribution in [2.45, 2.75) is 44.0 Å². The molecule has 0 aromatic carbocycles. The fourth-order valence-electron chi connectivity index (χ4n) is 1.91. The van der Waals surface area contributed by atoms with Crippen molar-refractivity contribution in [3.8, 4) is 0 Å². The molecule has 3 unspecified atom stereocenters. The van der Waals surface area contributed by atoms with Crippen molar-refractivity contribution < 1.29 is 13.2 Å². The molecule has 5 nitrogen and oxygen atoms in total. The first-order valence-electron chi connectivity index (χ1n) is 5.69. The maximum Gasteiger partial charge on any atom is 0.216 e. The van der Waals surface area contributed by atoms with Crippen molar-refractivity contribution in [2.75, 3.05) is 20.3 Å². The number of methoxy groups -OCH3 is 1. The smallest absolute Gasteiger partial charge is 0.216 e. The maximum absolute atomic E-state index is 11.9. The predicted octanol–water partition coefficient (Wildman–Crippen LogP) is 0.503. The highest BCUT2D eigenvalue weighted by atomic mass is 35.5. The molecule has 0 aliphatic carbocycles. The number of sulfonamides is 1. The van der Waals surface area contributed by atoms with E-state index in [9.17, 15) is 8.42 Å². The summed E-state index contributed by atoms with van der Waals surface area (Å²) < 4.78 is 31.4. The molecule has 7 heteroatoms. The number of hydrogen-bond donors (Lipinski definition) is 2. The van der Waals surface area contributed by atoms with Crippen LogP contribution in [0.15, 0.2) is 0 Å². The molecule has 1 aliphatic rings. The molecule has 1 heterocycles. The summed E-state index contributed by atoms with van der Waals surface area (Å²) in [5.74, 6) is 0. The highest BCUT2D eigenvalue weighted by Gasteiger charge is 2.26. The Morgan fingerprint density at radius 2 is 2.18 bits per heavy atom. The maximum atomic E-state index is 11.9. The van der Waals surface area contributed by atoms with E-state index in [-0.39, 0.29) is 25.1 Å². The Kier molecular flexibility index (Phi) is 7.58. The molecule has 1 aliphatic heterocycles. The highest BCUT2D eigenvalue weighted by molar-refractivity contribution is 7.90. The van der Waals surface area contributed by atoms with E-state index < -0.39 is 15.3 Å². The van der Waals surface area contributed by atoms with Crippen LogP contribution in [0.2, 0.25) is 0 Å². The number of halogens is 1. The number of piperidine rings is 1. The van der Waals surface area contributed by atoms with Gasteiger partial charge in [0.25, 0.3) is 0 Å². The van der Waals surface area contributed by atoms with Crippen LogP contribution in [0, 0.1) is 0 Å². The summed E-state index contributed by atoms with van der Waals surface area (Å²) >= 11 is 0. The van der Waals surface area contributed by atoms with E-state index in [0.29, 0.717) is 6.04 Å². The third-order valence-corrected chi connectivity index (χ3v) is 4.74. The van der Waals surface area contributed by atoms with Crippen molar-refractivity contribution in [3.63, 3.8) is 0 Å². The van der Waals surface area contributed by atoms with Crippen molar-refractivity contribution in [3.05, 3.63) is 0 Å². The lowest BCUT2D eigenvalue weighted by atomic mass is 10.0. The van der Waals surface area contributed by atoms with Crippen LogP contribution < -0.4 is 10.0 Å². The fourth-order valence-corrected chi connectivity index (χ4v) is 3.14. The third-order valence-electron chi connectivity index (χ3n) is 2.89. The first-order valence-corrected chi connectivity index (χ1v) is 7.24. The first kappa shape index (κ1) is 17.1. The number of ether oxygens (including phenoxy) is 1. The van der Waals surface area contributed by atoms with E-state index in [0.717, 1.165) is 19.4 Å². The normalized spacial score (nSPS) is 27.2. The third kappa shape index (κ3) is 5.52. The Morgan fingerprint density at radius 3 is 2.71 bits per heavy atom. The molecule has 0 saturated carbocycles. The van der Waals surface area contributed by atoms with Crippen LogP contribution in [0.3, 0.4) is 0 Å². The second kappa shape index (κ2) is 7.53. The molecule has 17 heavy (non-hydrogen) atoms. The van der Waals surface area contributed by atoms with E-state index in [1.807, 2.05) is 0 Å². The van der Waals surface area contributed by atoms with E-state index in [4.69, 9.17) is 4.74 Å². The molecule has 3 atom stereocenters. The number of hydrogen-bond acceptors (Lipinski definition) is 4. The SMILES string of the molecule is COCC(C)S(=O)(=O)NC1CCNC(C)C1.Cl. The van der Waals surface area contributed by atoms with Gasteiger partial charge < -0.3 is 10.1 Å². The van der Waals surface area contributed by atoms with E-state index in [2.05, 4.69) is 17.0 Å². The Labute approximate surface area is 110 Å². The second-order valence-corrected chi connectivity index (χ2v) is 6.64. The van der Waals surface area contributed by atoms with E-state index in [1.165, 1.54) is 7.11 Å². The molecule has 0 spiro atoms. The van der Waals surface area contributed by atoms with Gasteiger partial charge in [0.1, 0.15) is 0 Å². The van der Waals surface area contributed by atoms with Gasteiger partial charge in [0.2, 0.25) is 10.0 Å². The fraction of sp³-hybridized carbons (Fsp3) is 1.00. The van der Waals surface area contributed by atoms with Gasteiger partial charge in [0, 0.05) is 19.2 Å². The minimum Gasteiger partial charge on any atom is -0.383 e. The topological polar surface area (TPSA) is 67.4 Å². The van der Waals surface area contributed by atoms with Gasteiger partial charge in [-0.25, -0.2) is 13.1 Å². The van der Waals surface area contributed by atoms with Crippen LogP contribution >= 0.6 is 12.4 Å². The molecule has 1 fully saturated rings. The summed E-state index contributed by atoms with van der Waals surface area (Å²) in [6, 6.07) is 0.430. The van der Waals surface area contributed by atoms with Crippen molar-refractivity contribution >= 4 is 22.4 Å². The average molecular weight is 287 g/mol. The van der Waals surface area contributed by atoms with Crippen LogP contribution in [0.25, 0.3) is 0 Å².